The lowest BCUT2D eigenvalue weighted by Crippen LogP contribution is -2.60. The highest BCUT2D eigenvalue weighted by molar-refractivity contribution is 5.95. The highest BCUT2D eigenvalue weighted by Gasteiger charge is 2.45. The molecule has 0 spiro atoms. The molecule has 2 rings (SSSR count). The van der Waals surface area contributed by atoms with Crippen LogP contribution in [0.4, 0.5) is 0 Å². The Morgan fingerprint density at radius 2 is 1.74 bits per heavy atom. The summed E-state index contributed by atoms with van der Waals surface area (Å²) in [6.07, 6.45) is 1.41. The molecule has 2 unspecified atom stereocenters. The molecule has 1 aromatic carbocycles. The van der Waals surface area contributed by atoms with E-state index in [1.165, 1.54) is 19.1 Å². The molecule has 1 heterocycles. The summed E-state index contributed by atoms with van der Waals surface area (Å²) >= 11 is 0. The van der Waals surface area contributed by atoms with Crippen molar-refractivity contribution in [3.63, 3.8) is 0 Å². The van der Waals surface area contributed by atoms with Crippen LogP contribution in [0.5, 0.6) is 5.75 Å². The van der Waals surface area contributed by atoms with Crippen molar-refractivity contribution in [1.29, 1.82) is 0 Å². The van der Waals surface area contributed by atoms with E-state index >= 15 is 0 Å². The number of hydrogen-bond acceptors (Lipinski definition) is 6. The van der Waals surface area contributed by atoms with Crippen molar-refractivity contribution >= 4 is 11.9 Å². The molecule has 1 aliphatic heterocycles. The van der Waals surface area contributed by atoms with E-state index in [1.54, 1.807) is 32.9 Å². The predicted octanol–water partition coefficient (Wildman–Crippen LogP) is 1.83. The van der Waals surface area contributed by atoms with Gasteiger partial charge in [0.05, 0.1) is 0 Å². The van der Waals surface area contributed by atoms with Gasteiger partial charge in [-0.3, -0.25) is 9.59 Å². The monoisotopic (exact) mass is 378 g/mol. The molecule has 1 amide bonds. The largest absolute Gasteiger partial charge is 0.508 e. The van der Waals surface area contributed by atoms with Crippen LogP contribution in [-0.2, 0) is 19.1 Å². The maximum absolute atomic E-state index is 13.0. The Morgan fingerprint density at radius 1 is 1.19 bits per heavy atom. The molecule has 2 atom stereocenters. The molecule has 27 heavy (non-hydrogen) atoms. The first kappa shape index (κ1) is 21.2. The van der Waals surface area contributed by atoms with E-state index in [-0.39, 0.29) is 11.8 Å². The molecular weight excluding hydrogens is 348 g/mol. The minimum atomic E-state index is -1.53. The maximum Gasteiger partial charge on any atom is 0.316 e. The molecule has 1 aromatic rings. The third-order valence-corrected chi connectivity index (χ3v) is 4.51. The molecule has 1 fully saturated rings. The number of hydrogen-bond donors (Lipinski definition) is 3. The SMILES string of the molecule is CC(C)(C)OC(=O)C(c1ccc(O)cc1)C(C)(N)C(=O)NC1CCOCC1. The Bertz CT molecular complexity index is 658. The summed E-state index contributed by atoms with van der Waals surface area (Å²) in [5.41, 5.74) is 4.66. The second-order valence-electron chi connectivity index (χ2n) is 8.20. The quantitative estimate of drug-likeness (QED) is 0.674. The zero-order valence-electron chi connectivity index (χ0n) is 16.5. The molecule has 0 aromatic heterocycles. The van der Waals surface area contributed by atoms with Gasteiger partial charge in [-0.15, -0.1) is 0 Å². The second kappa shape index (κ2) is 8.27. The summed E-state index contributed by atoms with van der Waals surface area (Å²) in [5.74, 6) is -1.96. The molecule has 7 nitrogen and oxygen atoms in total. The van der Waals surface area contributed by atoms with Gasteiger partial charge in [0.15, 0.2) is 0 Å². The molecule has 0 aliphatic carbocycles. The van der Waals surface area contributed by atoms with Crippen molar-refractivity contribution in [3.8, 4) is 5.75 Å². The van der Waals surface area contributed by atoms with Gasteiger partial charge in [0.25, 0.3) is 0 Å². The molecule has 1 aliphatic rings. The van der Waals surface area contributed by atoms with Crippen LogP contribution in [0.25, 0.3) is 0 Å². The van der Waals surface area contributed by atoms with E-state index in [2.05, 4.69) is 5.32 Å². The van der Waals surface area contributed by atoms with E-state index in [4.69, 9.17) is 15.2 Å². The van der Waals surface area contributed by atoms with Crippen molar-refractivity contribution < 1.29 is 24.2 Å². The normalized spacial score (nSPS) is 19.0. The first-order valence-electron chi connectivity index (χ1n) is 9.20. The molecule has 0 bridgehead atoms. The lowest BCUT2D eigenvalue weighted by molar-refractivity contribution is -0.160. The van der Waals surface area contributed by atoms with Crippen molar-refractivity contribution in [2.75, 3.05) is 13.2 Å². The first-order chi connectivity index (χ1) is 12.5. The summed E-state index contributed by atoms with van der Waals surface area (Å²) in [6.45, 7) is 7.97. The molecule has 150 valence electrons. The third-order valence-electron chi connectivity index (χ3n) is 4.51. The smallest absolute Gasteiger partial charge is 0.316 e. The van der Waals surface area contributed by atoms with E-state index in [0.29, 0.717) is 31.6 Å². The van der Waals surface area contributed by atoms with Gasteiger partial charge in [0.1, 0.15) is 22.8 Å². The maximum atomic E-state index is 13.0. The van der Waals surface area contributed by atoms with Gasteiger partial charge < -0.3 is 25.6 Å². The Balaban J connectivity index is 2.30. The molecule has 0 saturated carbocycles. The number of carbonyl (C=O) groups is 2. The number of rotatable bonds is 5. The summed E-state index contributed by atoms with van der Waals surface area (Å²) in [4.78, 5) is 25.9. The van der Waals surface area contributed by atoms with Crippen LogP contribution < -0.4 is 11.1 Å². The highest BCUT2D eigenvalue weighted by atomic mass is 16.6. The topological polar surface area (TPSA) is 111 Å². The van der Waals surface area contributed by atoms with Gasteiger partial charge in [-0.25, -0.2) is 0 Å². The number of benzene rings is 1. The summed E-state index contributed by atoms with van der Waals surface area (Å²) in [6, 6.07) is 6.04. The molecule has 1 saturated heterocycles. The Labute approximate surface area is 160 Å². The number of nitrogens with one attached hydrogen (secondary N) is 1. The number of phenolic OH excluding ortho intramolecular Hbond substituents is 1. The van der Waals surface area contributed by atoms with Crippen LogP contribution in [0.2, 0.25) is 0 Å². The average molecular weight is 378 g/mol. The van der Waals surface area contributed by atoms with Crippen LogP contribution in [0, 0.1) is 0 Å². The minimum absolute atomic E-state index is 0.0340. The average Bonchev–Trinajstić information content (AvgIpc) is 2.56. The fourth-order valence-electron chi connectivity index (χ4n) is 3.07. The number of carbonyl (C=O) groups excluding carboxylic acids is 2. The van der Waals surface area contributed by atoms with Crippen LogP contribution >= 0.6 is 0 Å². The first-order valence-corrected chi connectivity index (χ1v) is 9.20. The number of phenols is 1. The van der Waals surface area contributed by atoms with E-state index in [1.807, 2.05) is 0 Å². The van der Waals surface area contributed by atoms with Crippen LogP contribution in [0.15, 0.2) is 24.3 Å². The number of nitrogens with two attached hydrogens (primary N) is 1. The molecular formula is C20H30N2O5. The van der Waals surface area contributed by atoms with Gasteiger partial charge in [-0.2, -0.15) is 0 Å². The third kappa shape index (κ3) is 5.68. The van der Waals surface area contributed by atoms with Crippen molar-refractivity contribution in [1.82, 2.24) is 5.32 Å². The van der Waals surface area contributed by atoms with Gasteiger partial charge >= 0.3 is 5.97 Å². The molecule has 4 N–H and O–H groups in total. The predicted molar refractivity (Wildman–Crippen MR) is 101 cm³/mol. The molecule has 0 radical (unpaired) electrons. The second-order valence-corrected chi connectivity index (χ2v) is 8.20. The van der Waals surface area contributed by atoms with Gasteiger partial charge in [0.2, 0.25) is 5.91 Å². The van der Waals surface area contributed by atoms with Crippen molar-refractivity contribution in [3.05, 3.63) is 29.8 Å². The van der Waals surface area contributed by atoms with E-state index < -0.39 is 28.9 Å². The zero-order chi connectivity index (χ0) is 20.2. The highest BCUT2D eigenvalue weighted by Crippen LogP contribution is 2.31. The lowest BCUT2D eigenvalue weighted by Gasteiger charge is -2.35. The lowest BCUT2D eigenvalue weighted by atomic mass is 9.80. The number of ether oxygens (including phenoxy) is 2. The fourth-order valence-corrected chi connectivity index (χ4v) is 3.07. The van der Waals surface area contributed by atoms with E-state index in [9.17, 15) is 14.7 Å². The standard InChI is InChI=1S/C20H30N2O5/c1-19(2,3)27-17(24)16(13-5-7-15(23)8-6-13)20(4,21)18(25)22-14-9-11-26-12-10-14/h5-8,14,16,23H,9-12,21H2,1-4H3,(H,22,25). The van der Waals surface area contributed by atoms with Gasteiger partial charge in [-0.1, -0.05) is 12.1 Å². The summed E-state index contributed by atoms with van der Waals surface area (Å²) < 4.78 is 10.8. The van der Waals surface area contributed by atoms with Crippen LogP contribution in [0.1, 0.15) is 52.0 Å². The van der Waals surface area contributed by atoms with Crippen LogP contribution in [-0.4, -0.2) is 47.4 Å². The fraction of sp³-hybridized carbons (Fsp3) is 0.600. The summed E-state index contributed by atoms with van der Waals surface area (Å²) in [5, 5.41) is 12.5. The Hall–Kier alpha value is -2.12. The number of amides is 1. The minimum Gasteiger partial charge on any atom is -0.508 e. The number of aromatic hydroxyl groups is 1. The van der Waals surface area contributed by atoms with Gasteiger partial charge in [0, 0.05) is 19.3 Å². The molecule has 7 heteroatoms. The van der Waals surface area contributed by atoms with Crippen molar-refractivity contribution in [2.45, 2.75) is 63.6 Å². The number of esters is 1. The Kier molecular flexibility index (Phi) is 6.49. The van der Waals surface area contributed by atoms with Crippen molar-refractivity contribution in [2.24, 2.45) is 5.73 Å². The van der Waals surface area contributed by atoms with Gasteiger partial charge in [-0.05, 0) is 58.2 Å². The van der Waals surface area contributed by atoms with E-state index in [0.717, 1.165) is 0 Å². The zero-order valence-corrected chi connectivity index (χ0v) is 16.5. The Morgan fingerprint density at radius 3 is 2.26 bits per heavy atom. The summed E-state index contributed by atoms with van der Waals surface area (Å²) in [7, 11) is 0. The van der Waals surface area contributed by atoms with Crippen LogP contribution in [0.3, 0.4) is 0 Å².